The number of aryl methyl sites for hydroxylation is 1. The van der Waals surface area contributed by atoms with E-state index < -0.39 is 0 Å². The van der Waals surface area contributed by atoms with Gasteiger partial charge in [-0.25, -0.2) is 0 Å². The van der Waals surface area contributed by atoms with Crippen LogP contribution in [0.15, 0.2) is 48.5 Å². The second-order valence-electron chi connectivity index (χ2n) is 7.88. The molecule has 1 heterocycles. The number of likely N-dealkylation sites (tertiary alicyclic amines) is 1. The fourth-order valence-corrected chi connectivity index (χ4v) is 3.71. The van der Waals surface area contributed by atoms with Gasteiger partial charge in [-0.3, -0.25) is 9.59 Å². The standard InChI is InChI=1S/C25H32N2O5/c1-19-8-3-4-9-21(19)31-17-7-12-25(29)27-15-13-20(14-16-27)26-24(28)18-32-23-11-6-5-10-22(23)30-2/h3-6,8-11,20H,7,12-18H2,1-2H3,(H,26,28). The first-order valence-corrected chi connectivity index (χ1v) is 11.1. The van der Waals surface area contributed by atoms with E-state index >= 15 is 0 Å². The Morgan fingerprint density at radius 3 is 2.31 bits per heavy atom. The van der Waals surface area contributed by atoms with Crippen LogP contribution in [0.2, 0.25) is 0 Å². The minimum atomic E-state index is -0.172. The van der Waals surface area contributed by atoms with E-state index in [4.69, 9.17) is 14.2 Å². The van der Waals surface area contributed by atoms with Crippen molar-refractivity contribution in [1.82, 2.24) is 10.2 Å². The molecule has 1 aliphatic rings. The van der Waals surface area contributed by atoms with Crippen LogP contribution in [0.3, 0.4) is 0 Å². The molecule has 1 N–H and O–H groups in total. The van der Waals surface area contributed by atoms with E-state index in [9.17, 15) is 9.59 Å². The summed E-state index contributed by atoms with van der Waals surface area (Å²) in [5.41, 5.74) is 1.09. The number of nitrogens with zero attached hydrogens (tertiary/aromatic N) is 1. The number of piperidine rings is 1. The zero-order valence-electron chi connectivity index (χ0n) is 18.8. The first-order valence-electron chi connectivity index (χ1n) is 11.1. The minimum absolute atomic E-state index is 0.0530. The van der Waals surface area contributed by atoms with Gasteiger partial charge in [0.15, 0.2) is 18.1 Å². The molecule has 0 atom stereocenters. The van der Waals surface area contributed by atoms with Crippen LogP contribution < -0.4 is 19.5 Å². The molecule has 0 bridgehead atoms. The summed E-state index contributed by atoms with van der Waals surface area (Å²) in [5, 5.41) is 3.00. The smallest absolute Gasteiger partial charge is 0.258 e. The monoisotopic (exact) mass is 440 g/mol. The number of nitrogens with one attached hydrogen (secondary N) is 1. The predicted octanol–water partition coefficient (Wildman–Crippen LogP) is 3.35. The Bertz CT molecular complexity index is 893. The van der Waals surface area contributed by atoms with Crippen molar-refractivity contribution < 1.29 is 23.8 Å². The van der Waals surface area contributed by atoms with Gasteiger partial charge < -0.3 is 24.4 Å². The number of hydrogen-bond donors (Lipinski definition) is 1. The van der Waals surface area contributed by atoms with E-state index in [0.717, 1.165) is 24.2 Å². The Morgan fingerprint density at radius 2 is 1.62 bits per heavy atom. The third kappa shape index (κ3) is 6.90. The quantitative estimate of drug-likeness (QED) is 0.574. The molecular formula is C25H32N2O5. The van der Waals surface area contributed by atoms with Crippen LogP contribution in [0, 0.1) is 6.92 Å². The average Bonchev–Trinajstić information content (AvgIpc) is 2.82. The maximum absolute atomic E-state index is 12.5. The summed E-state index contributed by atoms with van der Waals surface area (Å²) in [4.78, 5) is 26.6. The van der Waals surface area contributed by atoms with Crippen molar-refractivity contribution in [3.8, 4) is 17.2 Å². The minimum Gasteiger partial charge on any atom is -0.493 e. The molecule has 0 saturated carbocycles. The normalized spacial score (nSPS) is 14.0. The molecule has 1 aliphatic heterocycles. The molecule has 32 heavy (non-hydrogen) atoms. The van der Waals surface area contributed by atoms with Gasteiger partial charge in [-0.1, -0.05) is 30.3 Å². The molecule has 1 fully saturated rings. The van der Waals surface area contributed by atoms with Gasteiger partial charge in [0.2, 0.25) is 5.91 Å². The van der Waals surface area contributed by atoms with Gasteiger partial charge in [-0.15, -0.1) is 0 Å². The maximum Gasteiger partial charge on any atom is 0.258 e. The molecule has 3 rings (SSSR count). The van der Waals surface area contributed by atoms with E-state index in [-0.39, 0.29) is 24.5 Å². The van der Waals surface area contributed by atoms with Crippen molar-refractivity contribution >= 4 is 11.8 Å². The average molecular weight is 441 g/mol. The summed E-state index contributed by atoms with van der Waals surface area (Å²) in [6.45, 7) is 3.76. The summed E-state index contributed by atoms with van der Waals surface area (Å²) in [6.07, 6.45) is 2.64. The van der Waals surface area contributed by atoms with E-state index in [1.165, 1.54) is 0 Å². The number of ether oxygens (including phenoxy) is 3. The lowest BCUT2D eigenvalue weighted by atomic mass is 10.0. The van der Waals surface area contributed by atoms with Gasteiger partial charge in [-0.05, 0) is 49.9 Å². The molecule has 0 aliphatic carbocycles. The summed E-state index contributed by atoms with van der Waals surface area (Å²) in [7, 11) is 1.56. The Morgan fingerprint density at radius 1 is 0.969 bits per heavy atom. The molecule has 172 valence electrons. The van der Waals surface area contributed by atoms with Gasteiger partial charge in [0, 0.05) is 25.6 Å². The first kappa shape index (κ1) is 23.4. The largest absolute Gasteiger partial charge is 0.493 e. The molecule has 2 amide bonds. The number of para-hydroxylation sites is 3. The zero-order chi connectivity index (χ0) is 22.8. The lowest BCUT2D eigenvalue weighted by Crippen LogP contribution is -2.47. The lowest BCUT2D eigenvalue weighted by Gasteiger charge is -2.32. The fourth-order valence-electron chi connectivity index (χ4n) is 3.71. The zero-order valence-corrected chi connectivity index (χ0v) is 18.8. The van der Waals surface area contributed by atoms with Crippen molar-refractivity contribution in [3.63, 3.8) is 0 Å². The number of amides is 2. The van der Waals surface area contributed by atoms with Crippen LogP contribution in [0.5, 0.6) is 17.2 Å². The number of hydrogen-bond acceptors (Lipinski definition) is 5. The fraction of sp³-hybridized carbons (Fsp3) is 0.440. The van der Waals surface area contributed by atoms with E-state index in [1.807, 2.05) is 48.2 Å². The maximum atomic E-state index is 12.5. The molecule has 7 nitrogen and oxygen atoms in total. The topological polar surface area (TPSA) is 77.1 Å². The molecule has 1 saturated heterocycles. The summed E-state index contributed by atoms with van der Waals surface area (Å²) in [6, 6.07) is 15.2. The van der Waals surface area contributed by atoms with Crippen LogP contribution in [0.25, 0.3) is 0 Å². The molecule has 0 spiro atoms. The number of rotatable bonds is 10. The third-order valence-corrected chi connectivity index (χ3v) is 5.53. The summed E-state index contributed by atoms with van der Waals surface area (Å²) < 4.78 is 16.6. The van der Waals surface area contributed by atoms with Gasteiger partial charge in [0.1, 0.15) is 5.75 Å². The van der Waals surface area contributed by atoms with Gasteiger partial charge >= 0.3 is 0 Å². The number of carbonyl (C=O) groups is 2. The second kappa shape index (κ2) is 12.0. The molecule has 2 aromatic carbocycles. The van der Waals surface area contributed by atoms with Crippen LogP contribution in [0.1, 0.15) is 31.2 Å². The Labute approximate surface area is 189 Å². The van der Waals surface area contributed by atoms with Crippen molar-refractivity contribution in [2.75, 3.05) is 33.4 Å². The predicted molar refractivity (Wildman–Crippen MR) is 122 cm³/mol. The highest BCUT2D eigenvalue weighted by Gasteiger charge is 2.23. The number of methoxy groups -OCH3 is 1. The van der Waals surface area contributed by atoms with E-state index in [0.29, 0.717) is 44.0 Å². The van der Waals surface area contributed by atoms with Crippen LogP contribution in [-0.4, -0.2) is 56.2 Å². The SMILES string of the molecule is COc1ccccc1OCC(=O)NC1CCN(C(=O)CCCOc2ccccc2C)CC1. The van der Waals surface area contributed by atoms with Gasteiger partial charge in [0.05, 0.1) is 13.7 Å². The van der Waals surface area contributed by atoms with Gasteiger partial charge in [0.25, 0.3) is 5.91 Å². The Balaban J connectivity index is 1.31. The first-order chi connectivity index (χ1) is 15.6. The van der Waals surface area contributed by atoms with Crippen LogP contribution in [0.4, 0.5) is 0 Å². The van der Waals surface area contributed by atoms with Crippen molar-refractivity contribution in [1.29, 1.82) is 0 Å². The van der Waals surface area contributed by atoms with Crippen molar-refractivity contribution in [2.24, 2.45) is 0 Å². The van der Waals surface area contributed by atoms with Crippen LogP contribution in [-0.2, 0) is 9.59 Å². The molecule has 0 radical (unpaired) electrons. The summed E-state index contributed by atoms with van der Waals surface area (Å²) >= 11 is 0. The Hall–Kier alpha value is -3.22. The highest BCUT2D eigenvalue weighted by Crippen LogP contribution is 2.25. The van der Waals surface area contributed by atoms with E-state index in [2.05, 4.69) is 5.32 Å². The highest BCUT2D eigenvalue weighted by atomic mass is 16.5. The number of benzene rings is 2. The third-order valence-electron chi connectivity index (χ3n) is 5.53. The molecule has 2 aromatic rings. The second-order valence-corrected chi connectivity index (χ2v) is 7.88. The Kier molecular flexibility index (Phi) is 8.78. The van der Waals surface area contributed by atoms with Crippen molar-refractivity contribution in [3.05, 3.63) is 54.1 Å². The molecule has 7 heteroatoms. The molecule has 0 aromatic heterocycles. The van der Waals surface area contributed by atoms with Crippen molar-refractivity contribution in [2.45, 2.75) is 38.6 Å². The number of carbonyl (C=O) groups excluding carboxylic acids is 2. The van der Waals surface area contributed by atoms with Crippen LogP contribution >= 0.6 is 0 Å². The van der Waals surface area contributed by atoms with E-state index in [1.54, 1.807) is 19.2 Å². The lowest BCUT2D eigenvalue weighted by molar-refractivity contribution is -0.132. The highest BCUT2D eigenvalue weighted by molar-refractivity contribution is 5.78. The molecular weight excluding hydrogens is 408 g/mol. The molecule has 0 unspecified atom stereocenters. The summed E-state index contributed by atoms with van der Waals surface area (Å²) in [5.74, 6) is 1.97. The van der Waals surface area contributed by atoms with Gasteiger partial charge in [-0.2, -0.15) is 0 Å².